The minimum Gasteiger partial charge on any atom is -0.339 e. The topological polar surface area (TPSA) is 62.7 Å². The van der Waals surface area contributed by atoms with E-state index in [1.54, 1.807) is 30.3 Å². The van der Waals surface area contributed by atoms with E-state index in [0.717, 1.165) is 0 Å². The summed E-state index contributed by atoms with van der Waals surface area (Å²) in [6.07, 6.45) is 1.46. The summed E-state index contributed by atoms with van der Waals surface area (Å²) in [5.41, 5.74) is 1.23. The molecule has 0 saturated carbocycles. The summed E-state index contributed by atoms with van der Waals surface area (Å²) in [7, 11) is 0. The summed E-state index contributed by atoms with van der Waals surface area (Å²) in [6, 6.07) is 11.1. The first-order chi connectivity index (χ1) is 11.1. The molecule has 2 aromatic carbocycles. The molecule has 5 nitrogen and oxygen atoms in total. The van der Waals surface area contributed by atoms with Crippen LogP contribution in [0.15, 0.2) is 48.7 Å². The maximum absolute atomic E-state index is 13.2. The molecule has 0 saturated heterocycles. The molecular formula is C15H10Cl2FN5. The van der Waals surface area contributed by atoms with Crippen LogP contribution < -0.4 is 10.6 Å². The Morgan fingerprint density at radius 3 is 2.52 bits per heavy atom. The Hall–Kier alpha value is -2.44. The highest BCUT2D eigenvalue weighted by Gasteiger charge is 2.04. The number of hydrogen-bond donors (Lipinski definition) is 2. The summed E-state index contributed by atoms with van der Waals surface area (Å²) >= 11 is 11.8. The Morgan fingerprint density at radius 2 is 1.74 bits per heavy atom. The van der Waals surface area contributed by atoms with Crippen molar-refractivity contribution in [3.8, 4) is 0 Å². The SMILES string of the molecule is Fc1cccc(Nc2nncc(Nc3ccc(Cl)c(Cl)c3)n2)c1. The van der Waals surface area contributed by atoms with Gasteiger partial charge in [-0.25, -0.2) is 4.39 Å². The Kier molecular flexibility index (Phi) is 4.55. The van der Waals surface area contributed by atoms with Gasteiger partial charge in [-0.1, -0.05) is 29.3 Å². The van der Waals surface area contributed by atoms with E-state index in [-0.39, 0.29) is 11.8 Å². The van der Waals surface area contributed by atoms with E-state index < -0.39 is 0 Å². The van der Waals surface area contributed by atoms with Gasteiger partial charge in [0.2, 0.25) is 5.95 Å². The van der Waals surface area contributed by atoms with Crippen LogP contribution >= 0.6 is 23.2 Å². The van der Waals surface area contributed by atoms with Crippen molar-refractivity contribution in [1.82, 2.24) is 15.2 Å². The summed E-state index contributed by atoms with van der Waals surface area (Å²) in [6.45, 7) is 0. The highest BCUT2D eigenvalue weighted by molar-refractivity contribution is 6.42. The van der Waals surface area contributed by atoms with Crippen molar-refractivity contribution < 1.29 is 4.39 Å². The predicted octanol–water partition coefficient (Wildman–Crippen LogP) is 4.80. The maximum atomic E-state index is 13.2. The van der Waals surface area contributed by atoms with E-state index in [0.29, 0.717) is 27.2 Å². The highest BCUT2D eigenvalue weighted by Crippen LogP contribution is 2.26. The van der Waals surface area contributed by atoms with Gasteiger partial charge in [-0.15, -0.1) is 5.10 Å². The zero-order chi connectivity index (χ0) is 16.2. The molecule has 0 aliphatic carbocycles. The quantitative estimate of drug-likeness (QED) is 0.707. The largest absolute Gasteiger partial charge is 0.339 e. The highest BCUT2D eigenvalue weighted by atomic mass is 35.5. The lowest BCUT2D eigenvalue weighted by atomic mass is 10.3. The second-order valence-corrected chi connectivity index (χ2v) is 5.37. The first-order valence-corrected chi connectivity index (χ1v) is 7.30. The van der Waals surface area contributed by atoms with Gasteiger partial charge in [0.05, 0.1) is 16.2 Å². The van der Waals surface area contributed by atoms with Gasteiger partial charge in [0.25, 0.3) is 0 Å². The third-order valence-corrected chi connectivity index (χ3v) is 3.57. The van der Waals surface area contributed by atoms with Crippen molar-refractivity contribution in [2.75, 3.05) is 10.6 Å². The molecule has 0 radical (unpaired) electrons. The third kappa shape index (κ3) is 4.06. The average Bonchev–Trinajstić information content (AvgIpc) is 2.51. The second kappa shape index (κ2) is 6.76. The van der Waals surface area contributed by atoms with Gasteiger partial charge in [0.1, 0.15) is 5.82 Å². The Bertz CT molecular complexity index is 844. The minimum atomic E-state index is -0.354. The van der Waals surface area contributed by atoms with Gasteiger partial charge in [0.15, 0.2) is 5.82 Å². The van der Waals surface area contributed by atoms with Crippen LogP contribution in [0.1, 0.15) is 0 Å². The van der Waals surface area contributed by atoms with Crippen LogP contribution in [0.4, 0.5) is 27.5 Å². The molecule has 0 unspecified atom stereocenters. The standard InChI is InChI=1S/C15H10Cl2FN5/c16-12-5-4-11(7-13(12)17)20-14-8-19-23-15(22-14)21-10-3-1-2-9(18)6-10/h1-8H,(H2,20,21,22,23). The predicted molar refractivity (Wildman–Crippen MR) is 89.3 cm³/mol. The number of hydrogen-bond acceptors (Lipinski definition) is 5. The second-order valence-electron chi connectivity index (χ2n) is 4.55. The van der Waals surface area contributed by atoms with Crippen molar-refractivity contribution >= 4 is 46.3 Å². The zero-order valence-corrected chi connectivity index (χ0v) is 13.1. The number of benzene rings is 2. The first kappa shape index (κ1) is 15.5. The Morgan fingerprint density at radius 1 is 0.913 bits per heavy atom. The fourth-order valence-electron chi connectivity index (χ4n) is 1.83. The fourth-order valence-corrected chi connectivity index (χ4v) is 2.13. The van der Waals surface area contributed by atoms with E-state index in [9.17, 15) is 4.39 Å². The molecule has 0 aliphatic rings. The molecule has 0 bridgehead atoms. The number of nitrogens with zero attached hydrogens (tertiary/aromatic N) is 3. The zero-order valence-electron chi connectivity index (χ0n) is 11.6. The Labute approximate surface area is 141 Å². The normalized spacial score (nSPS) is 10.4. The van der Waals surface area contributed by atoms with Crippen LogP contribution in [-0.4, -0.2) is 15.2 Å². The van der Waals surface area contributed by atoms with Gasteiger partial charge in [0, 0.05) is 11.4 Å². The number of rotatable bonds is 4. The molecule has 0 aliphatic heterocycles. The molecule has 116 valence electrons. The van der Waals surface area contributed by atoms with E-state index in [1.165, 1.54) is 18.3 Å². The molecule has 0 amide bonds. The molecule has 23 heavy (non-hydrogen) atoms. The molecule has 1 aromatic heterocycles. The number of anilines is 4. The fraction of sp³-hybridized carbons (Fsp3) is 0. The van der Waals surface area contributed by atoms with E-state index in [4.69, 9.17) is 23.2 Å². The molecule has 0 atom stereocenters. The molecule has 8 heteroatoms. The van der Waals surface area contributed by atoms with Crippen molar-refractivity contribution in [3.63, 3.8) is 0 Å². The summed E-state index contributed by atoms with van der Waals surface area (Å²) in [5, 5.41) is 14.5. The van der Waals surface area contributed by atoms with Crippen LogP contribution in [0.5, 0.6) is 0 Å². The van der Waals surface area contributed by atoms with Gasteiger partial charge >= 0.3 is 0 Å². The van der Waals surface area contributed by atoms with E-state index in [1.807, 2.05) is 0 Å². The van der Waals surface area contributed by atoms with Crippen LogP contribution in [0.2, 0.25) is 10.0 Å². The lowest BCUT2D eigenvalue weighted by molar-refractivity contribution is 0.628. The van der Waals surface area contributed by atoms with Crippen LogP contribution in [0.3, 0.4) is 0 Å². The summed E-state index contributed by atoms with van der Waals surface area (Å²) in [4.78, 5) is 4.25. The minimum absolute atomic E-state index is 0.237. The monoisotopic (exact) mass is 349 g/mol. The van der Waals surface area contributed by atoms with Gasteiger partial charge < -0.3 is 10.6 Å². The number of aromatic nitrogens is 3. The van der Waals surface area contributed by atoms with E-state index >= 15 is 0 Å². The average molecular weight is 350 g/mol. The molecule has 0 spiro atoms. The maximum Gasteiger partial charge on any atom is 0.249 e. The molecule has 1 heterocycles. The lowest BCUT2D eigenvalue weighted by Crippen LogP contribution is -2.02. The van der Waals surface area contributed by atoms with Gasteiger partial charge in [-0.3, -0.25) is 0 Å². The lowest BCUT2D eigenvalue weighted by Gasteiger charge is -2.08. The molecule has 3 rings (SSSR count). The summed E-state index contributed by atoms with van der Waals surface area (Å²) < 4.78 is 13.2. The van der Waals surface area contributed by atoms with E-state index in [2.05, 4.69) is 25.8 Å². The van der Waals surface area contributed by atoms with Crippen molar-refractivity contribution in [1.29, 1.82) is 0 Å². The van der Waals surface area contributed by atoms with Crippen molar-refractivity contribution in [3.05, 3.63) is 64.5 Å². The number of nitrogens with one attached hydrogen (secondary N) is 2. The Balaban J connectivity index is 1.78. The first-order valence-electron chi connectivity index (χ1n) is 6.54. The van der Waals surface area contributed by atoms with Gasteiger partial charge in [-0.2, -0.15) is 10.1 Å². The number of halogens is 3. The summed E-state index contributed by atoms with van der Waals surface area (Å²) in [5.74, 6) is 0.339. The van der Waals surface area contributed by atoms with Crippen molar-refractivity contribution in [2.24, 2.45) is 0 Å². The molecule has 3 aromatic rings. The third-order valence-electron chi connectivity index (χ3n) is 2.83. The van der Waals surface area contributed by atoms with Crippen LogP contribution in [0, 0.1) is 5.82 Å². The van der Waals surface area contributed by atoms with Gasteiger partial charge in [-0.05, 0) is 36.4 Å². The molecular weight excluding hydrogens is 340 g/mol. The smallest absolute Gasteiger partial charge is 0.249 e. The molecule has 2 N–H and O–H groups in total. The molecule has 0 fully saturated rings. The van der Waals surface area contributed by atoms with Crippen LogP contribution in [0.25, 0.3) is 0 Å². The van der Waals surface area contributed by atoms with Crippen molar-refractivity contribution in [2.45, 2.75) is 0 Å². The van der Waals surface area contributed by atoms with Crippen LogP contribution in [-0.2, 0) is 0 Å².